The van der Waals surface area contributed by atoms with Crippen molar-refractivity contribution in [3.05, 3.63) is 59.1 Å². The molecule has 0 saturated carbocycles. The molecule has 2 aliphatic rings. The van der Waals surface area contributed by atoms with Gasteiger partial charge in [-0.3, -0.25) is 4.79 Å². The average molecular weight is 451 g/mol. The van der Waals surface area contributed by atoms with Crippen LogP contribution in [-0.2, 0) is 14.6 Å². The van der Waals surface area contributed by atoms with Gasteiger partial charge in [0.05, 0.1) is 17.5 Å². The molecule has 2 aromatic rings. The number of benzene rings is 2. The van der Waals surface area contributed by atoms with Gasteiger partial charge in [0, 0.05) is 16.0 Å². The van der Waals surface area contributed by atoms with Crippen molar-refractivity contribution in [2.24, 2.45) is 4.99 Å². The van der Waals surface area contributed by atoms with Crippen molar-refractivity contribution in [1.29, 1.82) is 0 Å². The number of thioether (sulfide) groups is 1. The Hall–Kier alpha value is -2.03. The first-order valence-corrected chi connectivity index (χ1v) is 12.1. The van der Waals surface area contributed by atoms with Crippen LogP contribution in [0.5, 0.6) is 5.75 Å². The fourth-order valence-electron chi connectivity index (χ4n) is 3.39. The fourth-order valence-corrected chi connectivity index (χ4v) is 7.44. The summed E-state index contributed by atoms with van der Waals surface area (Å²) >= 11 is 7.19. The maximum absolute atomic E-state index is 12.4. The molecule has 1 amide bonds. The summed E-state index contributed by atoms with van der Waals surface area (Å²) in [5.74, 6) is 0.259. The summed E-state index contributed by atoms with van der Waals surface area (Å²) in [4.78, 5) is 18.5. The van der Waals surface area contributed by atoms with Crippen molar-refractivity contribution in [3.8, 4) is 5.75 Å². The summed E-state index contributed by atoms with van der Waals surface area (Å²) < 4.78 is 29.7. The van der Waals surface area contributed by atoms with E-state index in [1.807, 2.05) is 36.1 Å². The van der Waals surface area contributed by atoms with Crippen molar-refractivity contribution in [2.75, 3.05) is 23.0 Å². The topological polar surface area (TPSA) is 76.0 Å². The molecule has 2 heterocycles. The normalized spacial score (nSPS) is 23.9. The van der Waals surface area contributed by atoms with Crippen LogP contribution in [0.25, 0.3) is 0 Å². The van der Waals surface area contributed by atoms with E-state index in [0.717, 1.165) is 11.3 Å². The number of amidine groups is 1. The van der Waals surface area contributed by atoms with E-state index in [-0.39, 0.29) is 29.4 Å². The Balaban J connectivity index is 1.54. The van der Waals surface area contributed by atoms with Gasteiger partial charge < -0.3 is 9.64 Å². The highest BCUT2D eigenvalue weighted by molar-refractivity contribution is 8.16. The van der Waals surface area contributed by atoms with E-state index in [1.165, 1.54) is 11.8 Å². The Labute approximate surface area is 178 Å². The Morgan fingerprint density at radius 1 is 1.17 bits per heavy atom. The van der Waals surface area contributed by atoms with Crippen molar-refractivity contribution in [3.63, 3.8) is 0 Å². The number of anilines is 1. The zero-order chi connectivity index (χ0) is 20.6. The first-order valence-electron chi connectivity index (χ1n) is 9.04. The van der Waals surface area contributed by atoms with Gasteiger partial charge in [-0.15, -0.1) is 0 Å². The molecule has 152 valence electrons. The second kappa shape index (κ2) is 8.01. The van der Waals surface area contributed by atoms with Crippen molar-refractivity contribution in [1.82, 2.24) is 0 Å². The molecule has 9 heteroatoms. The third-order valence-electron chi connectivity index (χ3n) is 4.78. The quantitative estimate of drug-likeness (QED) is 0.711. The number of aryl methyl sites for hydroxylation is 1. The number of rotatable bonds is 4. The standard InChI is InChI=1S/C20H19ClN2O4S2/c1-13-2-6-15(7-3-13)23-17-11-29(25,26)12-18(17)28-20(23)22-19(24)10-27-16-8-4-14(21)5-9-16/h2-9,17-18H,10-12H2,1H3/t17-,18-/m1/s1. The van der Waals surface area contributed by atoms with Crippen LogP contribution in [0.4, 0.5) is 5.69 Å². The van der Waals surface area contributed by atoms with E-state index in [0.29, 0.717) is 15.9 Å². The van der Waals surface area contributed by atoms with Crippen LogP contribution in [0.2, 0.25) is 5.02 Å². The lowest BCUT2D eigenvalue weighted by Crippen LogP contribution is -2.37. The van der Waals surface area contributed by atoms with Gasteiger partial charge in [0.25, 0.3) is 5.91 Å². The summed E-state index contributed by atoms with van der Waals surface area (Å²) in [5, 5.41) is 0.968. The van der Waals surface area contributed by atoms with Gasteiger partial charge >= 0.3 is 0 Å². The lowest BCUT2D eigenvalue weighted by atomic mass is 10.1. The van der Waals surface area contributed by atoms with Crippen LogP contribution < -0.4 is 9.64 Å². The highest BCUT2D eigenvalue weighted by atomic mass is 35.5. The number of hydrogen-bond acceptors (Lipinski definition) is 5. The molecule has 0 aliphatic carbocycles. The number of sulfone groups is 1. The SMILES string of the molecule is Cc1ccc(N2C(=NC(=O)COc3ccc(Cl)cc3)S[C@@H]3CS(=O)(=O)C[C@H]32)cc1. The molecule has 0 aromatic heterocycles. The molecule has 29 heavy (non-hydrogen) atoms. The van der Waals surface area contributed by atoms with E-state index in [2.05, 4.69) is 4.99 Å². The first kappa shape index (κ1) is 20.3. The van der Waals surface area contributed by atoms with Gasteiger partial charge in [-0.2, -0.15) is 4.99 Å². The Morgan fingerprint density at radius 2 is 1.86 bits per heavy atom. The molecule has 0 radical (unpaired) electrons. The molecule has 6 nitrogen and oxygen atoms in total. The maximum Gasteiger partial charge on any atom is 0.285 e. The number of carbonyl (C=O) groups is 1. The molecular formula is C20H19ClN2O4S2. The number of carbonyl (C=O) groups excluding carboxylic acids is 1. The molecule has 2 saturated heterocycles. The number of nitrogens with zero attached hydrogens (tertiary/aromatic N) is 2. The first-order chi connectivity index (χ1) is 13.8. The van der Waals surface area contributed by atoms with Crippen LogP contribution in [0, 0.1) is 6.92 Å². The second-order valence-corrected chi connectivity index (χ2v) is 10.8. The van der Waals surface area contributed by atoms with E-state index in [4.69, 9.17) is 16.3 Å². The summed E-state index contributed by atoms with van der Waals surface area (Å²) in [6.07, 6.45) is 0. The molecule has 0 bridgehead atoms. The average Bonchev–Trinajstić information content (AvgIpc) is 3.13. The minimum atomic E-state index is -3.09. The van der Waals surface area contributed by atoms with Gasteiger partial charge in [-0.1, -0.05) is 41.1 Å². The molecule has 0 N–H and O–H groups in total. The van der Waals surface area contributed by atoms with Gasteiger partial charge in [0.2, 0.25) is 0 Å². The van der Waals surface area contributed by atoms with Crippen molar-refractivity contribution in [2.45, 2.75) is 18.2 Å². The number of amides is 1. The molecule has 2 aromatic carbocycles. The fraction of sp³-hybridized carbons (Fsp3) is 0.300. The lowest BCUT2D eigenvalue weighted by molar-refractivity contribution is -0.119. The number of hydrogen-bond donors (Lipinski definition) is 0. The van der Waals surface area contributed by atoms with Gasteiger partial charge in [0.1, 0.15) is 5.75 Å². The molecule has 0 unspecified atom stereocenters. The van der Waals surface area contributed by atoms with Crippen LogP contribution in [-0.4, -0.2) is 48.9 Å². The Morgan fingerprint density at radius 3 is 2.55 bits per heavy atom. The van der Waals surface area contributed by atoms with Crippen LogP contribution >= 0.6 is 23.4 Å². The summed E-state index contributed by atoms with van der Waals surface area (Å²) in [7, 11) is -3.09. The predicted octanol–water partition coefficient (Wildman–Crippen LogP) is 3.33. The van der Waals surface area contributed by atoms with Crippen molar-refractivity contribution >= 4 is 50.0 Å². The summed E-state index contributed by atoms with van der Waals surface area (Å²) in [6.45, 7) is 1.78. The van der Waals surface area contributed by atoms with E-state index < -0.39 is 15.7 Å². The number of fused-ring (bicyclic) bond motifs is 1. The minimum absolute atomic E-state index is 0.0625. The van der Waals surface area contributed by atoms with Gasteiger partial charge in [-0.25, -0.2) is 8.42 Å². The second-order valence-electron chi connectivity index (χ2n) is 7.04. The zero-order valence-corrected chi connectivity index (χ0v) is 18.0. The minimum Gasteiger partial charge on any atom is -0.484 e. The summed E-state index contributed by atoms with van der Waals surface area (Å²) in [5.41, 5.74) is 1.93. The summed E-state index contributed by atoms with van der Waals surface area (Å²) in [6, 6.07) is 14.3. The molecule has 2 fully saturated rings. The zero-order valence-electron chi connectivity index (χ0n) is 15.6. The molecular weight excluding hydrogens is 432 g/mol. The number of aliphatic imine (C=N–C) groups is 1. The van der Waals surface area contributed by atoms with Crippen molar-refractivity contribution < 1.29 is 17.9 Å². The Bertz CT molecular complexity index is 1050. The van der Waals surface area contributed by atoms with E-state index in [1.54, 1.807) is 24.3 Å². The van der Waals surface area contributed by atoms with Gasteiger partial charge in [0.15, 0.2) is 21.6 Å². The molecule has 2 atom stereocenters. The van der Waals surface area contributed by atoms with Gasteiger partial charge in [-0.05, 0) is 43.3 Å². The van der Waals surface area contributed by atoms with Crippen LogP contribution in [0.15, 0.2) is 53.5 Å². The molecule has 2 aliphatic heterocycles. The number of halogens is 1. The smallest absolute Gasteiger partial charge is 0.285 e. The number of ether oxygens (including phenoxy) is 1. The van der Waals surface area contributed by atoms with Crippen LogP contribution in [0.1, 0.15) is 5.56 Å². The van der Waals surface area contributed by atoms with E-state index >= 15 is 0 Å². The molecule has 4 rings (SSSR count). The third-order valence-corrected chi connectivity index (χ3v) is 8.24. The third kappa shape index (κ3) is 4.60. The largest absolute Gasteiger partial charge is 0.484 e. The Kier molecular flexibility index (Phi) is 5.59. The maximum atomic E-state index is 12.4. The highest BCUT2D eigenvalue weighted by Gasteiger charge is 2.49. The monoisotopic (exact) mass is 450 g/mol. The lowest BCUT2D eigenvalue weighted by Gasteiger charge is -2.24. The highest BCUT2D eigenvalue weighted by Crippen LogP contribution is 2.41. The van der Waals surface area contributed by atoms with Crippen LogP contribution in [0.3, 0.4) is 0 Å². The predicted molar refractivity (Wildman–Crippen MR) is 117 cm³/mol. The molecule has 0 spiro atoms. The van der Waals surface area contributed by atoms with E-state index in [9.17, 15) is 13.2 Å².